The van der Waals surface area contributed by atoms with E-state index in [-0.39, 0.29) is 16.5 Å². The number of rotatable bonds is 8. The maximum Gasteiger partial charge on any atom is 0.240 e. The minimum absolute atomic E-state index is 0.0307. The van der Waals surface area contributed by atoms with Gasteiger partial charge in [-0.05, 0) is 36.8 Å². The number of hydrogen-bond donors (Lipinski definition) is 2. The predicted molar refractivity (Wildman–Crippen MR) is 112 cm³/mol. The van der Waals surface area contributed by atoms with Gasteiger partial charge in [0.2, 0.25) is 10.0 Å². The number of benzene rings is 1. The topological polar surface area (TPSA) is 84.0 Å². The fourth-order valence-electron chi connectivity index (χ4n) is 2.37. The Bertz CT molecular complexity index is 1130. The van der Waals surface area contributed by atoms with Crippen LogP contribution in [-0.2, 0) is 23.1 Å². The van der Waals surface area contributed by atoms with E-state index in [2.05, 4.69) is 26.6 Å². The average molecular weight is 453 g/mol. The molecule has 152 valence electrons. The van der Waals surface area contributed by atoms with Crippen molar-refractivity contribution in [3.05, 3.63) is 81.3 Å². The molecular formula is C19H18ClFN4O2S2. The van der Waals surface area contributed by atoms with E-state index in [1.165, 1.54) is 0 Å². The minimum Gasteiger partial charge on any atom is -0.377 e. The summed E-state index contributed by atoms with van der Waals surface area (Å²) in [6, 6.07) is 6.74. The highest BCUT2D eigenvalue weighted by molar-refractivity contribution is 7.89. The van der Waals surface area contributed by atoms with Gasteiger partial charge < -0.3 is 5.32 Å². The third kappa shape index (κ3) is 5.60. The third-order valence-electron chi connectivity index (χ3n) is 3.92. The Hall–Kier alpha value is -2.33. The molecule has 0 amide bonds. The van der Waals surface area contributed by atoms with Gasteiger partial charge >= 0.3 is 0 Å². The highest BCUT2D eigenvalue weighted by atomic mass is 35.5. The highest BCUT2D eigenvalue weighted by Crippen LogP contribution is 2.19. The predicted octanol–water partition coefficient (Wildman–Crippen LogP) is 3.88. The lowest BCUT2D eigenvalue weighted by atomic mass is 10.2. The van der Waals surface area contributed by atoms with Crippen molar-refractivity contribution in [3.8, 4) is 0 Å². The number of nitrogens with one attached hydrogen (secondary N) is 2. The second-order valence-corrected chi connectivity index (χ2v) is 9.28. The molecule has 2 N–H and O–H groups in total. The van der Waals surface area contributed by atoms with Crippen LogP contribution in [0, 0.1) is 12.7 Å². The van der Waals surface area contributed by atoms with E-state index >= 15 is 0 Å². The zero-order valence-electron chi connectivity index (χ0n) is 15.4. The maximum absolute atomic E-state index is 13.2. The monoisotopic (exact) mass is 452 g/mol. The SMILES string of the molecule is C=C(NCc1nc(C)cs1)c1ccc(CNS(=O)(=O)c2ccc(F)c(Cl)c2)cn1. The Kier molecular flexibility index (Phi) is 6.63. The van der Waals surface area contributed by atoms with Gasteiger partial charge in [-0.1, -0.05) is 24.2 Å². The average Bonchev–Trinajstić information content (AvgIpc) is 3.12. The van der Waals surface area contributed by atoms with E-state index in [1.807, 2.05) is 12.3 Å². The number of pyridine rings is 1. The van der Waals surface area contributed by atoms with Gasteiger partial charge in [0, 0.05) is 23.8 Å². The van der Waals surface area contributed by atoms with Gasteiger partial charge in [0.15, 0.2) is 0 Å². The van der Waals surface area contributed by atoms with Crippen molar-refractivity contribution < 1.29 is 12.8 Å². The molecule has 0 atom stereocenters. The van der Waals surface area contributed by atoms with Crippen molar-refractivity contribution in [1.82, 2.24) is 20.0 Å². The van der Waals surface area contributed by atoms with Crippen molar-refractivity contribution in [2.24, 2.45) is 0 Å². The Morgan fingerprint density at radius 2 is 2.07 bits per heavy atom. The van der Waals surface area contributed by atoms with E-state index in [4.69, 9.17) is 11.6 Å². The summed E-state index contributed by atoms with van der Waals surface area (Å²) in [5.74, 6) is -0.677. The Morgan fingerprint density at radius 3 is 2.69 bits per heavy atom. The van der Waals surface area contributed by atoms with E-state index < -0.39 is 15.8 Å². The molecule has 6 nitrogen and oxygen atoms in total. The second-order valence-electron chi connectivity index (χ2n) is 6.17. The molecule has 0 saturated carbocycles. The Morgan fingerprint density at radius 1 is 1.28 bits per heavy atom. The summed E-state index contributed by atoms with van der Waals surface area (Å²) < 4.78 is 40.3. The molecule has 0 aliphatic carbocycles. The molecule has 2 aromatic heterocycles. The normalized spacial score (nSPS) is 11.4. The zero-order chi connectivity index (χ0) is 21.0. The fourth-order valence-corrected chi connectivity index (χ4v) is 4.37. The fraction of sp³-hybridized carbons (Fsp3) is 0.158. The van der Waals surface area contributed by atoms with E-state index in [9.17, 15) is 12.8 Å². The number of aromatic nitrogens is 2. The molecule has 10 heteroatoms. The summed E-state index contributed by atoms with van der Waals surface area (Å²) in [7, 11) is -3.83. The molecule has 0 radical (unpaired) electrons. The first-order valence-electron chi connectivity index (χ1n) is 8.48. The molecule has 0 saturated heterocycles. The second kappa shape index (κ2) is 9.00. The van der Waals surface area contributed by atoms with Crippen molar-refractivity contribution in [2.75, 3.05) is 0 Å². The number of nitrogens with zero attached hydrogens (tertiary/aromatic N) is 2. The van der Waals surface area contributed by atoms with Crippen LogP contribution in [0.25, 0.3) is 5.70 Å². The summed E-state index contributed by atoms with van der Waals surface area (Å²) in [6.07, 6.45) is 1.57. The van der Waals surface area contributed by atoms with Gasteiger partial charge in [0.05, 0.1) is 27.9 Å². The van der Waals surface area contributed by atoms with Crippen LogP contribution in [0.4, 0.5) is 4.39 Å². The van der Waals surface area contributed by atoms with Crippen LogP contribution < -0.4 is 10.0 Å². The lowest BCUT2D eigenvalue weighted by Crippen LogP contribution is -2.23. The Labute approximate surface area is 177 Å². The van der Waals surface area contributed by atoms with Gasteiger partial charge in [-0.3, -0.25) is 4.98 Å². The maximum atomic E-state index is 13.2. The third-order valence-corrected chi connectivity index (χ3v) is 6.58. The van der Waals surface area contributed by atoms with Crippen molar-refractivity contribution in [3.63, 3.8) is 0 Å². The van der Waals surface area contributed by atoms with Gasteiger partial charge in [0.1, 0.15) is 10.8 Å². The molecule has 1 aromatic carbocycles. The van der Waals surface area contributed by atoms with Crippen molar-refractivity contribution in [2.45, 2.75) is 24.9 Å². The van der Waals surface area contributed by atoms with Crippen LogP contribution in [0.5, 0.6) is 0 Å². The molecule has 29 heavy (non-hydrogen) atoms. The molecule has 2 heterocycles. The lowest BCUT2D eigenvalue weighted by molar-refractivity contribution is 0.580. The van der Waals surface area contributed by atoms with Crippen LogP contribution in [-0.4, -0.2) is 18.4 Å². The van der Waals surface area contributed by atoms with E-state index in [0.29, 0.717) is 23.5 Å². The molecular weight excluding hydrogens is 435 g/mol. The minimum atomic E-state index is -3.83. The molecule has 0 unspecified atom stereocenters. The Balaban J connectivity index is 1.58. The van der Waals surface area contributed by atoms with Gasteiger partial charge in [-0.2, -0.15) is 0 Å². The first kappa shape index (κ1) is 21.4. The highest BCUT2D eigenvalue weighted by Gasteiger charge is 2.15. The number of halogens is 2. The van der Waals surface area contributed by atoms with E-state index in [1.54, 1.807) is 29.7 Å². The van der Waals surface area contributed by atoms with Gasteiger partial charge in [0.25, 0.3) is 0 Å². The molecule has 0 aliphatic rings. The van der Waals surface area contributed by atoms with Crippen molar-refractivity contribution >= 4 is 38.7 Å². The summed E-state index contributed by atoms with van der Waals surface area (Å²) in [5, 5.41) is 5.85. The molecule has 3 aromatic rings. The number of thiazole rings is 1. The molecule has 0 aliphatic heterocycles. The van der Waals surface area contributed by atoms with Crippen LogP contribution in [0.3, 0.4) is 0 Å². The van der Waals surface area contributed by atoms with Crippen LogP contribution >= 0.6 is 22.9 Å². The standard InChI is InChI=1S/C19H18ClFN4O2S2/c1-12-11-28-19(25-12)10-22-13(2)18-6-3-14(8-23-18)9-24-29(26,27)15-4-5-17(21)16(20)7-15/h3-8,11,22,24H,2,9-10H2,1H3. The quantitative estimate of drug-likeness (QED) is 0.542. The number of aryl methyl sites for hydroxylation is 1. The molecule has 3 rings (SSSR count). The van der Waals surface area contributed by atoms with Crippen LogP contribution in [0.2, 0.25) is 5.02 Å². The first-order chi connectivity index (χ1) is 13.7. The van der Waals surface area contributed by atoms with Gasteiger partial charge in [-0.25, -0.2) is 22.5 Å². The molecule has 0 spiro atoms. The first-order valence-corrected chi connectivity index (χ1v) is 11.2. The zero-order valence-corrected chi connectivity index (χ0v) is 17.8. The van der Waals surface area contributed by atoms with Gasteiger partial charge in [-0.15, -0.1) is 11.3 Å². The summed E-state index contributed by atoms with van der Waals surface area (Å²) in [5.41, 5.74) is 2.93. The largest absolute Gasteiger partial charge is 0.377 e. The smallest absolute Gasteiger partial charge is 0.240 e. The van der Waals surface area contributed by atoms with Crippen LogP contribution in [0.1, 0.15) is 22.0 Å². The summed E-state index contributed by atoms with van der Waals surface area (Å²) >= 11 is 7.22. The lowest BCUT2D eigenvalue weighted by Gasteiger charge is -2.10. The number of sulfonamides is 1. The van der Waals surface area contributed by atoms with Crippen LogP contribution in [0.15, 0.2) is 53.4 Å². The van der Waals surface area contributed by atoms with E-state index in [0.717, 1.165) is 28.9 Å². The molecule has 0 bridgehead atoms. The van der Waals surface area contributed by atoms with Crippen molar-refractivity contribution in [1.29, 1.82) is 0 Å². The molecule has 0 fully saturated rings. The summed E-state index contributed by atoms with van der Waals surface area (Å²) in [4.78, 5) is 8.58. The number of hydrogen-bond acceptors (Lipinski definition) is 6. The summed E-state index contributed by atoms with van der Waals surface area (Å²) in [6.45, 7) is 6.49.